The van der Waals surface area contributed by atoms with Gasteiger partial charge in [0.05, 0.1) is 19.2 Å². The molecule has 4 rings (SSSR count). The summed E-state index contributed by atoms with van der Waals surface area (Å²) in [6.45, 7) is 13.2. The van der Waals surface area contributed by atoms with Crippen molar-refractivity contribution in [2.24, 2.45) is 0 Å². The number of rotatable bonds is 8. The minimum atomic E-state index is 0. The van der Waals surface area contributed by atoms with Crippen LogP contribution in [-0.4, -0.2) is 98.1 Å². The van der Waals surface area contributed by atoms with Gasteiger partial charge in [-0.3, -0.25) is 9.69 Å². The zero-order valence-corrected chi connectivity index (χ0v) is 23.7. The Labute approximate surface area is 227 Å². The van der Waals surface area contributed by atoms with Crippen LogP contribution in [-0.2, 0) is 6.54 Å². The molecule has 2 aliphatic rings. The third-order valence-corrected chi connectivity index (χ3v) is 7.46. The molecule has 0 bridgehead atoms. The summed E-state index contributed by atoms with van der Waals surface area (Å²) >= 11 is 4.34. The van der Waals surface area contributed by atoms with Gasteiger partial charge >= 0.3 is 0 Å². The lowest BCUT2D eigenvalue weighted by molar-refractivity contribution is 0.0632. The Morgan fingerprint density at radius 2 is 1.54 bits per heavy atom. The molecule has 3 heterocycles. The molecule has 5 N–H and O–H groups in total. The molecule has 1 aromatic carbocycles. The summed E-state index contributed by atoms with van der Waals surface area (Å²) < 4.78 is 10.5. The smallest absolute Gasteiger partial charge is 0.257 e. The molecule has 2 aromatic rings. The van der Waals surface area contributed by atoms with Crippen molar-refractivity contribution in [3.05, 3.63) is 46.9 Å². The summed E-state index contributed by atoms with van der Waals surface area (Å²) in [7, 11) is 3.54. The summed E-state index contributed by atoms with van der Waals surface area (Å²) in [5.74, 6) is 1.80. The van der Waals surface area contributed by atoms with E-state index in [2.05, 4.69) is 27.7 Å². The van der Waals surface area contributed by atoms with Gasteiger partial charge in [-0.25, -0.2) is 0 Å². The van der Waals surface area contributed by atoms with Gasteiger partial charge in [-0.2, -0.15) is 0 Å². The topological polar surface area (TPSA) is 124 Å². The maximum atomic E-state index is 12.5. The van der Waals surface area contributed by atoms with E-state index >= 15 is 0 Å². The molecule has 0 radical (unpaired) electrons. The van der Waals surface area contributed by atoms with Crippen molar-refractivity contribution in [2.75, 3.05) is 66.5 Å². The Kier molecular flexibility index (Phi) is 14.9. The molecule has 210 valence electrons. The van der Waals surface area contributed by atoms with Gasteiger partial charge in [0.2, 0.25) is 0 Å². The van der Waals surface area contributed by atoms with Crippen molar-refractivity contribution >= 4 is 18.5 Å². The number of thiol groups is 1. The fourth-order valence-electron chi connectivity index (χ4n) is 4.68. The molecule has 2 fully saturated rings. The number of amides is 1. The van der Waals surface area contributed by atoms with Crippen LogP contribution in [0.2, 0.25) is 0 Å². The monoisotopic (exact) mass is 538 g/mol. The fourth-order valence-corrected chi connectivity index (χ4v) is 4.80. The Morgan fingerprint density at radius 1 is 0.973 bits per heavy atom. The van der Waals surface area contributed by atoms with E-state index in [1.807, 2.05) is 44.0 Å². The standard InChI is InChI=1S/C18H30N4O2.C9H12OS.2H2O/c1-19-14-17-13-16(15-24-17)18(23)22-11-9-21(10-12-22)8-4-7-20-5-2-3-6-20;1-6-4-8(10-3)5-7(2)9(6)11;;/h13,15,19H,2-12,14H2,1H3;4-5,11H,1-3H3;2*1H2. The van der Waals surface area contributed by atoms with Crippen LogP contribution in [0.25, 0.3) is 0 Å². The lowest BCUT2D eigenvalue weighted by atomic mass is 10.1. The van der Waals surface area contributed by atoms with E-state index in [0.717, 1.165) is 60.3 Å². The number of methoxy groups -OCH3 is 1. The van der Waals surface area contributed by atoms with Crippen LogP contribution in [0.3, 0.4) is 0 Å². The van der Waals surface area contributed by atoms with Crippen LogP contribution in [0.1, 0.15) is 46.5 Å². The summed E-state index contributed by atoms with van der Waals surface area (Å²) in [5, 5.41) is 3.03. The van der Waals surface area contributed by atoms with Crippen molar-refractivity contribution in [2.45, 2.75) is 44.6 Å². The number of piperazine rings is 1. The highest BCUT2D eigenvalue weighted by Gasteiger charge is 2.23. The van der Waals surface area contributed by atoms with E-state index in [1.165, 1.54) is 38.9 Å². The molecule has 0 aliphatic carbocycles. The summed E-state index contributed by atoms with van der Waals surface area (Å²) in [6.07, 6.45) is 5.55. The number of carbonyl (C=O) groups excluding carboxylic acids is 1. The van der Waals surface area contributed by atoms with E-state index < -0.39 is 0 Å². The molecule has 0 atom stereocenters. The number of nitrogens with zero attached hydrogens (tertiary/aromatic N) is 3. The summed E-state index contributed by atoms with van der Waals surface area (Å²) in [5.41, 5.74) is 2.98. The third-order valence-electron chi connectivity index (χ3n) is 6.76. The van der Waals surface area contributed by atoms with Gasteiger partial charge in [0, 0.05) is 31.1 Å². The lowest BCUT2D eigenvalue weighted by Crippen LogP contribution is -2.49. The number of furan rings is 1. The van der Waals surface area contributed by atoms with Gasteiger partial charge < -0.3 is 35.2 Å². The molecule has 37 heavy (non-hydrogen) atoms. The van der Waals surface area contributed by atoms with Crippen LogP contribution in [0.5, 0.6) is 5.75 Å². The maximum absolute atomic E-state index is 12.5. The average molecular weight is 539 g/mol. The second-order valence-corrected chi connectivity index (χ2v) is 9.93. The second-order valence-electron chi connectivity index (χ2n) is 9.48. The quantitative estimate of drug-likeness (QED) is 0.497. The van der Waals surface area contributed by atoms with Gasteiger partial charge in [0.25, 0.3) is 5.91 Å². The Morgan fingerprint density at radius 3 is 2.08 bits per heavy atom. The van der Waals surface area contributed by atoms with Crippen molar-refractivity contribution in [3.63, 3.8) is 0 Å². The van der Waals surface area contributed by atoms with Crippen LogP contribution >= 0.6 is 12.6 Å². The number of nitrogens with one attached hydrogen (secondary N) is 1. The zero-order valence-electron chi connectivity index (χ0n) is 22.8. The van der Waals surface area contributed by atoms with E-state index in [9.17, 15) is 4.79 Å². The minimum Gasteiger partial charge on any atom is -0.497 e. The first kappa shape index (κ1) is 32.9. The largest absolute Gasteiger partial charge is 0.497 e. The number of likely N-dealkylation sites (tertiary alicyclic amines) is 1. The minimum absolute atomic E-state index is 0. The molecule has 9 nitrogen and oxygen atoms in total. The molecular formula is C27H46N4O5S. The highest BCUT2D eigenvalue weighted by Crippen LogP contribution is 2.23. The lowest BCUT2D eigenvalue weighted by Gasteiger charge is -2.34. The highest BCUT2D eigenvalue weighted by molar-refractivity contribution is 7.80. The van der Waals surface area contributed by atoms with Crippen molar-refractivity contribution in [3.8, 4) is 5.75 Å². The van der Waals surface area contributed by atoms with Gasteiger partial charge in [-0.1, -0.05) is 0 Å². The highest BCUT2D eigenvalue weighted by atomic mass is 32.1. The fraction of sp³-hybridized carbons (Fsp3) is 0.593. The number of aryl methyl sites for hydroxylation is 2. The number of ether oxygens (including phenoxy) is 1. The molecule has 10 heteroatoms. The molecule has 2 saturated heterocycles. The predicted molar refractivity (Wildman–Crippen MR) is 151 cm³/mol. The van der Waals surface area contributed by atoms with E-state index in [-0.39, 0.29) is 16.9 Å². The van der Waals surface area contributed by atoms with Gasteiger partial charge in [0.1, 0.15) is 17.8 Å². The zero-order chi connectivity index (χ0) is 25.2. The Balaban J connectivity index is 0.000000448. The Bertz CT molecular complexity index is 918. The van der Waals surface area contributed by atoms with E-state index in [0.29, 0.717) is 12.1 Å². The van der Waals surface area contributed by atoms with Gasteiger partial charge in [-0.15, -0.1) is 12.6 Å². The normalized spacial score (nSPS) is 15.9. The first-order chi connectivity index (χ1) is 16.9. The molecule has 0 unspecified atom stereocenters. The average Bonchev–Trinajstić information content (AvgIpc) is 3.55. The first-order valence-electron chi connectivity index (χ1n) is 12.7. The van der Waals surface area contributed by atoms with Crippen LogP contribution < -0.4 is 10.1 Å². The van der Waals surface area contributed by atoms with Gasteiger partial charge in [0.15, 0.2) is 0 Å². The maximum Gasteiger partial charge on any atom is 0.257 e. The number of benzene rings is 1. The van der Waals surface area contributed by atoms with E-state index in [4.69, 9.17) is 9.15 Å². The van der Waals surface area contributed by atoms with Crippen molar-refractivity contribution in [1.82, 2.24) is 20.0 Å². The van der Waals surface area contributed by atoms with Crippen molar-refractivity contribution < 1.29 is 24.9 Å². The summed E-state index contributed by atoms with van der Waals surface area (Å²) in [4.78, 5) is 20.6. The van der Waals surface area contributed by atoms with Crippen LogP contribution in [0.15, 0.2) is 33.8 Å². The molecule has 1 aromatic heterocycles. The SMILES string of the molecule is CNCc1cc(C(=O)N2CCN(CCCN3CCCC3)CC2)co1.COc1cc(C)c(S)c(C)c1.O.O. The molecular weight excluding hydrogens is 492 g/mol. The second kappa shape index (κ2) is 16.7. The van der Waals surface area contributed by atoms with Gasteiger partial charge in [-0.05, 0) is 95.7 Å². The van der Waals surface area contributed by atoms with E-state index in [1.54, 1.807) is 13.4 Å². The number of hydrogen-bond donors (Lipinski definition) is 2. The first-order valence-corrected chi connectivity index (χ1v) is 13.2. The van der Waals surface area contributed by atoms with Crippen molar-refractivity contribution in [1.29, 1.82) is 0 Å². The Hall–Kier alpha value is -2.08. The molecule has 2 aliphatic heterocycles. The third kappa shape index (κ3) is 9.96. The number of carbonyl (C=O) groups is 1. The number of hydrogen-bond acceptors (Lipinski definition) is 7. The van der Waals surface area contributed by atoms with Crippen LogP contribution in [0, 0.1) is 13.8 Å². The molecule has 0 spiro atoms. The predicted octanol–water partition coefficient (Wildman–Crippen LogP) is 2.19. The summed E-state index contributed by atoms with van der Waals surface area (Å²) in [6, 6.07) is 5.81. The molecule has 1 amide bonds. The molecule has 0 saturated carbocycles. The van der Waals surface area contributed by atoms with Crippen LogP contribution in [0.4, 0.5) is 0 Å².